The fraction of sp³-hybridized carbons (Fsp3) is 0.646. The molecule has 1 aromatic rings. The van der Waals surface area contributed by atoms with E-state index in [1.165, 1.54) is 30.8 Å². The van der Waals surface area contributed by atoms with Crippen molar-refractivity contribution in [1.82, 2.24) is 25.8 Å². The molecule has 5 amide bonds. The summed E-state index contributed by atoms with van der Waals surface area (Å²) in [4.78, 5) is 98.7. The number of rotatable bonds is 7. The molecule has 0 spiro atoms. The van der Waals surface area contributed by atoms with Crippen molar-refractivity contribution in [1.29, 1.82) is 0 Å². The number of amides is 5. The minimum atomic E-state index is -1.18. The molecular weight excluding hydrogens is 775 g/mol. The molecule has 13 heteroatoms. The number of hydrogen-bond donors (Lipinski definition) is 3. The van der Waals surface area contributed by atoms with Crippen molar-refractivity contribution in [2.24, 2.45) is 29.6 Å². The Hall–Kier alpha value is -4.81. The van der Waals surface area contributed by atoms with Gasteiger partial charge in [0, 0.05) is 32.5 Å². The Kier molecular flexibility index (Phi) is 23.6. The summed E-state index contributed by atoms with van der Waals surface area (Å²) < 4.78 is 5.77. The van der Waals surface area contributed by atoms with E-state index < -0.39 is 72.3 Å². The zero-order chi connectivity index (χ0) is 46.7. The van der Waals surface area contributed by atoms with Crippen molar-refractivity contribution in [3.8, 4) is 0 Å². The Morgan fingerprint density at radius 3 is 2.02 bits per heavy atom. The average molecular weight is 852 g/mol. The van der Waals surface area contributed by atoms with E-state index in [4.69, 9.17) is 4.74 Å². The third-order valence-electron chi connectivity index (χ3n) is 11.9. The van der Waals surface area contributed by atoms with Gasteiger partial charge in [0.1, 0.15) is 18.1 Å². The normalized spacial score (nSPS) is 28.1. The molecule has 0 saturated heterocycles. The van der Waals surface area contributed by atoms with Gasteiger partial charge in [0.15, 0.2) is 11.9 Å². The van der Waals surface area contributed by atoms with Gasteiger partial charge in [-0.3, -0.25) is 28.8 Å². The minimum absolute atomic E-state index is 0.00689. The molecule has 9 atom stereocenters. The molecule has 3 N–H and O–H groups in total. The maximum atomic E-state index is 14.2. The molecule has 0 bridgehead atoms. The van der Waals surface area contributed by atoms with Gasteiger partial charge in [-0.1, -0.05) is 110 Å². The number of carbonyl (C=O) groups excluding carboxylic acids is 7. The summed E-state index contributed by atoms with van der Waals surface area (Å²) in [6, 6.07) is 5.12. The van der Waals surface area contributed by atoms with E-state index in [1.807, 2.05) is 91.8 Å². The Bertz CT molecular complexity index is 1690. The van der Waals surface area contributed by atoms with Crippen molar-refractivity contribution in [3.63, 3.8) is 0 Å². The highest BCUT2D eigenvalue weighted by Crippen LogP contribution is 2.33. The van der Waals surface area contributed by atoms with E-state index in [0.717, 1.165) is 11.1 Å². The number of carbonyl (C=O) groups is 7. The molecule has 1 aliphatic heterocycles. The lowest BCUT2D eigenvalue weighted by Crippen LogP contribution is -2.57. The van der Waals surface area contributed by atoms with Crippen LogP contribution in [-0.2, 0) is 44.7 Å². The Balaban J connectivity index is 0.00000916. The largest absolute Gasteiger partial charge is 0.449 e. The van der Waals surface area contributed by atoms with Crippen molar-refractivity contribution in [2.45, 2.75) is 152 Å². The van der Waals surface area contributed by atoms with Crippen LogP contribution in [0.1, 0.15) is 121 Å². The predicted molar refractivity (Wildman–Crippen MR) is 241 cm³/mol. The fourth-order valence-corrected chi connectivity index (χ4v) is 7.19. The third-order valence-corrected chi connectivity index (χ3v) is 11.9. The maximum Gasteiger partial charge on any atom is 0.334 e. The van der Waals surface area contributed by atoms with Crippen LogP contribution < -0.4 is 16.0 Å². The number of hydrogen-bond acceptors (Lipinski definition) is 8. The number of allylic oxidation sites excluding steroid dienone is 3. The van der Waals surface area contributed by atoms with Crippen LogP contribution in [0, 0.1) is 29.6 Å². The Morgan fingerprint density at radius 2 is 1.46 bits per heavy atom. The average Bonchev–Trinajstić information content (AvgIpc) is 3.23. The predicted octanol–water partition coefficient (Wildman–Crippen LogP) is 6.20. The van der Waals surface area contributed by atoms with Gasteiger partial charge < -0.3 is 30.5 Å². The van der Waals surface area contributed by atoms with Crippen LogP contribution in [0.4, 0.5) is 0 Å². The van der Waals surface area contributed by atoms with Gasteiger partial charge in [0.05, 0.1) is 12.6 Å². The molecule has 1 unspecified atom stereocenters. The number of nitrogens with zero attached hydrogens (tertiary/aromatic N) is 2. The molecule has 2 rings (SSSR count). The number of benzene rings is 1. The maximum absolute atomic E-state index is 14.2. The van der Waals surface area contributed by atoms with Gasteiger partial charge in [0.25, 0.3) is 5.91 Å². The lowest BCUT2D eigenvalue weighted by atomic mass is 9.75. The molecule has 1 aliphatic rings. The summed E-state index contributed by atoms with van der Waals surface area (Å²) in [6.45, 7) is 23.9. The first-order chi connectivity index (χ1) is 28.6. The molecule has 0 saturated carbocycles. The molecule has 1 heterocycles. The monoisotopic (exact) mass is 852 g/mol. The molecule has 0 radical (unpaired) electrons. The van der Waals surface area contributed by atoms with E-state index in [0.29, 0.717) is 18.4 Å². The van der Waals surface area contributed by atoms with Gasteiger partial charge in [-0.15, -0.1) is 0 Å². The molecule has 1 aromatic carbocycles. The standard InChI is InChI=1S/C46H71N5O8.C2H6/c1-14-28(5)36-25-38(52)33(10)47-43(55)41(29(6)15-2)49-40(53)26-50(12)45(57)37(24-35-19-17-16-18-20-35)51(13)44(56)34(11)48-42(54)39(23-27(3)4)59-46(58)31(8)22-21-30(7)32(36)9;1-2/h14,16-20,22,27,29-30,32-34,36-37,39,41H,15,21,23-26H2,1-13H3,(H,47,55)(H,48,54)(H,49,53);1-2H3/b28-14+,31-22+;/t29?,30-,32-,33+,34-,36+,37+,39+,41-;/m0./s1. The number of esters is 1. The molecule has 61 heavy (non-hydrogen) atoms. The van der Waals surface area contributed by atoms with E-state index in [1.54, 1.807) is 19.9 Å². The van der Waals surface area contributed by atoms with Gasteiger partial charge in [0.2, 0.25) is 23.6 Å². The quantitative estimate of drug-likeness (QED) is 0.215. The topological polar surface area (TPSA) is 171 Å². The lowest BCUT2D eigenvalue weighted by molar-refractivity contribution is -0.154. The van der Waals surface area contributed by atoms with E-state index >= 15 is 0 Å². The number of likely N-dealkylation sites (N-methyl/N-ethyl adjacent to an activating group) is 2. The number of ether oxygens (including phenoxy) is 1. The van der Waals surface area contributed by atoms with E-state index in [-0.39, 0.29) is 54.6 Å². The SMILES string of the molecule is C/C=C(\C)[C@H]1CC(=O)[C@@H](C)NC(=O)[C@H](C(C)CC)NC(=O)CN(C)C(=O)[C@@H](Cc2ccccc2)N(C)C(=O)[C@H](C)NC(=O)[C@@H](CC(C)C)OC(=O)/C(C)=C/C[C@H](C)[C@@H]1C.CC. The molecule has 13 nitrogen and oxygen atoms in total. The van der Waals surface area contributed by atoms with Gasteiger partial charge >= 0.3 is 5.97 Å². The summed E-state index contributed by atoms with van der Waals surface area (Å²) in [5.41, 5.74) is 2.12. The minimum Gasteiger partial charge on any atom is -0.449 e. The van der Waals surface area contributed by atoms with Crippen LogP contribution in [0.25, 0.3) is 0 Å². The van der Waals surface area contributed by atoms with Gasteiger partial charge in [-0.2, -0.15) is 0 Å². The third kappa shape index (κ3) is 16.9. The second kappa shape index (κ2) is 26.5. The number of cyclic esters (lactones) is 1. The van der Waals surface area contributed by atoms with Crippen LogP contribution in [0.5, 0.6) is 0 Å². The van der Waals surface area contributed by atoms with Crippen molar-refractivity contribution in [3.05, 3.63) is 59.2 Å². The van der Waals surface area contributed by atoms with E-state index in [9.17, 15) is 33.6 Å². The first-order valence-corrected chi connectivity index (χ1v) is 22.1. The van der Waals surface area contributed by atoms with Crippen LogP contribution in [0.3, 0.4) is 0 Å². The zero-order valence-corrected chi connectivity index (χ0v) is 39.7. The zero-order valence-electron chi connectivity index (χ0n) is 39.7. The first kappa shape index (κ1) is 54.2. The smallest absolute Gasteiger partial charge is 0.334 e. The molecule has 0 aromatic heterocycles. The fourth-order valence-electron chi connectivity index (χ4n) is 7.19. The summed E-state index contributed by atoms with van der Waals surface area (Å²) in [5, 5.41) is 8.35. The van der Waals surface area contributed by atoms with Crippen molar-refractivity contribution >= 4 is 41.3 Å². The van der Waals surface area contributed by atoms with Gasteiger partial charge in [-0.05, 0) is 82.6 Å². The summed E-state index contributed by atoms with van der Waals surface area (Å²) in [6.07, 6.45) is 4.15. The highest BCUT2D eigenvalue weighted by molar-refractivity contribution is 5.96. The highest BCUT2D eigenvalue weighted by atomic mass is 16.5. The second-order valence-electron chi connectivity index (χ2n) is 17.0. The van der Waals surface area contributed by atoms with Gasteiger partial charge in [-0.25, -0.2) is 4.79 Å². The lowest BCUT2D eigenvalue weighted by Gasteiger charge is -2.33. The van der Waals surface area contributed by atoms with Crippen LogP contribution in [0.2, 0.25) is 0 Å². The Labute approximate surface area is 366 Å². The number of nitrogens with one attached hydrogen (secondary N) is 3. The van der Waals surface area contributed by atoms with Crippen LogP contribution >= 0.6 is 0 Å². The molecule has 0 fully saturated rings. The second-order valence-corrected chi connectivity index (χ2v) is 17.0. The molecule has 342 valence electrons. The molecular formula is C48H77N5O8. The Morgan fingerprint density at radius 1 is 0.869 bits per heavy atom. The van der Waals surface area contributed by atoms with Crippen molar-refractivity contribution in [2.75, 3.05) is 20.6 Å². The highest BCUT2D eigenvalue weighted by Gasteiger charge is 2.36. The van der Waals surface area contributed by atoms with Crippen LogP contribution in [0.15, 0.2) is 53.6 Å². The van der Waals surface area contributed by atoms with Crippen molar-refractivity contribution < 1.29 is 38.3 Å². The number of ketones is 1. The summed E-state index contributed by atoms with van der Waals surface area (Å²) in [5.74, 6) is -4.07. The summed E-state index contributed by atoms with van der Waals surface area (Å²) in [7, 11) is 2.92. The number of Topliss-reactive ketones (excluding diaryl/α,β-unsaturated/α-hetero) is 1. The molecule has 0 aliphatic carbocycles. The first-order valence-electron chi connectivity index (χ1n) is 22.1. The summed E-state index contributed by atoms with van der Waals surface area (Å²) >= 11 is 0. The van der Waals surface area contributed by atoms with E-state index in [2.05, 4.69) is 29.8 Å². The van der Waals surface area contributed by atoms with Crippen LogP contribution in [-0.4, -0.2) is 102 Å².